The van der Waals surface area contributed by atoms with Crippen molar-refractivity contribution in [2.24, 2.45) is 0 Å². The molecular weight excluding hydrogens is 588 g/mol. The Morgan fingerprint density at radius 3 is 2.20 bits per heavy atom. The van der Waals surface area contributed by atoms with Gasteiger partial charge < -0.3 is 9.84 Å². The predicted molar refractivity (Wildman–Crippen MR) is 144 cm³/mol. The van der Waals surface area contributed by atoms with Crippen molar-refractivity contribution in [3.05, 3.63) is 137 Å². The molecule has 0 amide bonds. The lowest BCUT2D eigenvalue weighted by Gasteiger charge is -2.35. The number of hydrogen-bond acceptors (Lipinski definition) is 6. The van der Waals surface area contributed by atoms with Crippen LogP contribution >= 0.6 is 0 Å². The largest absolute Gasteiger partial charge is 0.489 e. The summed E-state index contributed by atoms with van der Waals surface area (Å²) in [6.45, 7) is -0.792. The van der Waals surface area contributed by atoms with Crippen LogP contribution in [0.2, 0.25) is 0 Å². The third kappa shape index (κ3) is 6.55. The first kappa shape index (κ1) is 30.2. The molecule has 0 aliphatic carbocycles. The molecule has 0 radical (unpaired) electrons. The van der Waals surface area contributed by atoms with Crippen molar-refractivity contribution in [1.29, 1.82) is 0 Å². The van der Waals surface area contributed by atoms with Gasteiger partial charge in [0.2, 0.25) is 0 Å². The molecule has 0 fully saturated rings. The fourth-order valence-electron chi connectivity index (χ4n) is 4.24. The van der Waals surface area contributed by atoms with Gasteiger partial charge in [-0.15, -0.1) is 5.10 Å². The van der Waals surface area contributed by atoms with Gasteiger partial charge in [-0.05, 0) is 64.5 Å². The van der Waals surface area contributed by atoms with Gasteiger partial charge in [0.05, 0.1) is 6.54 Å². The second-order valence-corrected chi connectivity index (χ2v) is 9.60. The number of halogens is 6. The molecule has 3 aromatic carbocycles. The predicted octanol–water partition coefficient (Wildman–Crippen LogP) is 5.94. The van der Waals surface area contributed by atoms with Gasteiger partial charge in [0.15, 0.2) is 5.60 Å². The molecule has 0 aliphatic heterocycles. The average molecular weight is 610 g/mol. The van der Waals surface area contributed by atoms with E-state index in [2.05, 4.69) is 32.4 Å². The Morgan fingerprint density at radius 1 is 0.886 bits per heavy atom. The Morgan fingerprint density at radius 2 is 1.59 bits per heavy atom. The normalized spacial score (nSPS) is 12.8. The summed E-state index contributed by atoms with van der Waals surface area (Å²) in [5, 5.41) is 21.4. The molecule has 5 aromatic rings. The van der Waals surface area contributed by atoms with E-state index in [0.717, 1.165) is 41.0 Å². The van der Waals surface area contributed by atoms with Gasteiger partial charge in [0.1, 0.15) is 36.0 Å². The number of hydrogen-bond donors (Lipinski definition) is 1. The second kappa shape index (κ2) is 12.6. The number of aromatic nitrogens is 5. The topological polar surface area (TPSA) is 86.0 Å². The molecule has 0 saturated heterocycles. The van der Waals surface area contributed by atoms with Crippen LogP contribution in [0.15, 0.2) is 91.4 Å². The van der Waals surface area contributed by atoms with E-state index in [1.165, 1.54) is 18.2 Å². The van der Waals surface area contributed by atoms with E-state index in [1.54, 1.807) is 36.4 Å². The van der Waals surface area contributed by atoms with Gasteiger partial charge in [-0.1, -0.05) is 36.1 Å². The summed E-state index contributed by atoms with van der Waals surface area (Å²) in [5.74, 6) is -0.396. The molecule has 5 rings (SSSR count). The first-order chi connectivity index (χ1) is 21.0. The zero-order valence-corrected chi connectivity index (χ0v) is 22.5. The SMILES string of the molecule is OC(Cn1cnnn1)(c1ccc(F)cc1F)C(F)(F)c1ccc(C#Cc2ccc(OCc3ccc(C(F)F)cc3)cc2)cn1. The number of benzene rings is 3. The average Bonchev–Trinajstić information content (AvgIpc) is 3.52. The van der Waals surface area contributed by atoms with E-state index in [0.29, 0.717) is 17.4 Å². The molecule has 1 N–H and O–H groups in total. The third-order valence-electron chi connectivity index (χ3n) is 6.61. The molecule has 2 heterocycles. The third-order valence-corrected chi connectivity index (χ3v) is 6.61. The smallest absolute Gasteiger partial charge is 0.323 e. The highest BCUT2D eigenvalue weighted by Gasteiger charge is 2.58. The van der Waals surface area contributed by atoms with Crippen LogP contribution in [0.1, 0.15) is 39.9 Å². The molecular formula is C31H21F6N5O2. The molecule has 0 saturated carbocycles. The van der Waals surface area contributed by atoms with Crippen LogP contribution in [-0.4, -0.2) is 30.3 Å². The molecule has 224 valence electrons. The Balaban J connectivity index is 1.30. The van der Waals surface area contributed by atoms with Crippen LogP contribution < -0.4 is 4.74 Å². The summed E-state index contributed by atoms with van der Waals surface area (Å²) in [7, 11) is 0. The van der Waals surface area contributed by atoms with E-state index < -0.39 is 47.4 Å². The molecule has 1 atom stereocenters. The zero-order chi connectivity index (χ0) is 31.3. The van der Waals surface area contributed by atoms with Gasteiger partial charge in [-0.25, -0.2) is 22.2 Å². The van der Waals surface area contributed by atoms with Gasteiger partial charge in [0, 0.05) is 34.5 Å². The van der Waals surface area contributed by atoms with E-state index in [4.69, 9.17) is 4.74 Å². The van der Waals surface area contributed by atoms with E-state index in [9.17, 15) is 22.7 Å². The monoisotopic (exact) mass is 609 g/mol. The Hall–Kier alpha value is -5.22. The van der Waals surface area contributed by atoms with Crippen LogP contribution in [0.4, 0.5) is 26.3 Å². The highest BCUT2D eigenvalue weighted by molar-refractivity contribution is 5.44. The van der Waals surface area contributed by atoms with E-state index >= 15 is 8.78 Å². The van der Waals surface area contributed by atoms with Gasteiger partial charge >= 0.3 is 5.92 Å². The highest BCUT2D eigenvalue weighted by Crippen LogP contribution is 2.46. The van der Waals surface area contributed by atoms with Crippen molar-refractivity contribution >= 4 is 0 Å². The summed E-state index contributed by atoms with van der Waals surface area (Å²) < 4.78 is 91.8. The van der Waals surface area contributed by atoms with Crippen molar-refractivity contribution in [3.8, 4) is 17.6 Å². The van der Waals surface area contributed by atoms with Crippen LogP contribution in [0.3, 0.4) is 0 Å². The molecule has 2 aromatic heterocycles. The number of tetrazole rings is 1. The fourth-order valence-corrected chi connectivity index (χ4v) is 4.24. The maximum Gasteiger partial charge on any atom is 0.323 e. The Kier molecular flexibility index (Phi) is 8.64. The molecule has 13 heteroatoms. The summed E-state index contributed by atoms with van der Waals surface area (Å²) in [6, 6.07) is 16.6. The van der Waals surface area contributed by atoms with Crippen LogP contribution in [0.25, 0.3) is 0 Å². The number of rotatable bonds is 9. The maximum atomic E-state index is 15.9. The second-order valence-electron chi connectivity index (χ2n) is 9.60. The van der Waals surface area contributed by atoms with Gasteiger partial charge in [0.25, 0.3) is 6.43 Å². The fraction of sp³-hybridized carbons (Fsp3) is 0.161. The standard InChI is InChI=1S/C31H21F6N5O2/c32-24-10-13-26(27(33)15-24)30(43,18-42-19-39-40-41-42)31(36,37)28-14-7-21(16-38-28)2-1-20-5-11-25(12-6-20)44-17-22-3-8-23(9-4-22)29(34)35/h3-16,19,29,43H,17-18H2. The summed E-state index contributed by atoms with van der Waals surface area (Å²) in [5.41, 5.74) is -3.52. The zero-order valence-electron chi connectivity index (χ0n) is 22.5. The first-order valence-electron chi connectivity index (χ1n) is 12.9. The van der Waals surface area contributed by atoms with Gasteiger partial charge in [-0.2, -0.15) is 8.78 Å². The van der Waals surface area contributed by atoms with E-state index in [-0.39, 0.29) is 17.7 Å². The van der Waals surface area contributed by atoms with Crippen molar-refractivity contribution in [2.45, 2.75) is 31.1 Å². The Bertz CT molecular complexity index is 1770. The van der Waals surface area contributed by atoms with E-state index in [1.807, 2.05) is 0 Å². The lowest BCUT2D eigenvalue weighted by atomic mass is 9.84. The minimum absolute atomic E-state index is 0.0712. The van der Waals surface area contributed by atoms with Crippen molar-refractivity contribution in [2.75, 3.05) is 0 Å². The maximum absolute atomic E-state index is 15.9. The molecule has 44 heavy (non-hydrogen) atoms. The van der Waals surface area contributed by atoms with Crippen molar-refractivity contribution in [1.82, 2.24) is 25.2 Å². The summed E-state index contributed by atoms with van der Waals surface area (Å²) >= 11 is 0. The minimum atomic E-state index is -4.19. The quantitative estimate of drug-likeness (QED) is 0.165. The Labute approximate surface area is 246 Å². The minimum Gasteiger partial charge on any atom is -0.489 e. The number of alkyl halides is 4. The first-order valence-corrected chi connectivity index (χ1v) is 12.9. The summed E-state index contributed by atoms with van der Waals surface area (Å²) in [4.78, 5) is 3.78. The van der Waals surface area contributed by atoms with Crippen LogP contribution in [0, 0.1) is 23.5 Å². The molecule has 0 bridgehead atoms. The van der Waals surface area contributed by atoms with Crippen LogP contribution in [0.5, 0.6) is 5.75 Å². The molecule has 7 nitrogen and oxygen atoms in total. The molecule has 0 spiro atoms. The number of aliphatic hydroxyl groups is 1. The van der Waals surface area contributed by atoms with Crippen molar-refractivity contribution in [3.63, 3.8) is 0 Å². The number of pyridine rings is 1. The molecule has 0 aliphatic rings. The van der Waals surface area contributed by atoms with Gasteiger partial charge in [-0.3, -0.25) is 4.98 Å². The summed E-state index contributed by atoms with van der Waals surface area (Å²) in [6.07, 6.45) is -0.504. The lowest BCUT2D eigenvalue weighted by Crippen LogP contribution is -2.48. The van der Waals surface area contributed by atoms with Crippen molar-refractivity contribution < 1.29 is 36.2 Å². The number of ether oxygens (including phenoxy) is 1. The highest BCUT2D eigenvalue weighted by atomic mass is 19.3. The van der Waals surface area contributed by atoms with Crippen LogP contribution in [-0.2, 0) is 24.7 Å². The molecule has 1 unspecified atom stereocenters. The lowest BCUT2D eigenvalue weighted by molar-refractivity contribution is -0.207. The number of nitrogens with zero attached hydrogens (tertiary/aromatic N) is 5.